The first kappa shape index (κ1) is 8.84. The summed E-state index contributed by atoms with van der Waals surface area (Å²) in [6, 6.07) is 0. The van der Waals surface area contributed by atoms with Gasteiger partial charge in [0.25, 0.3) is 0 Å². The summed E-state index contributed by atoms with van der Waals surface area (Å²) < 4.78 is 5.18. The van der Waals surface area contributed by atoms with Gasteiger partial charge in [-0.05, 0) is 26.0 Å². The van der Waals surface area contributed by atoms with E-state index in [4.69, 9.17) is 4.74 Å². The van der Waals surface area contributed by atoms with E-state index in [9.17, 15) is 0 Å². The second-order valence-electron chi connectivity index (χ2n) is 2.44. The Morgan fingerprint density at radius 2 is 2.33 bits per heavy atom. The van der Waals surface area contributed by atoms with Crippen LogP contribution in [0.5, 0.6) is 0 Å². The number of hydrogen-bond acceptors (Lipinski definition) is 2. The van der Waals surface area contributed by atoms with Crippen molar-refractivity contribution in [1.29, 1.82) is 0 Å². The van der Waals surface area contributed by atoms with Gasteiger partial charge in [-0.15, -0.1) is 0 Å². The van der Waals surface area contributed by atoms with Crippen molar-refractivity contribution in [2.45, 2.75) is 20.1 Å². The van der Waals surface area contributed by atoms with Gasteiger partial charge >= 0.3 is 0 Å². The zero-order valence-corrected chi connectivity index (χ0v) is 7.66. The lowest BCUT2D eigenvalue weighted by molar-refractivity contribution is 0.413. The molecule has 1 saturated heterocycles. The van der Waals surface area contributed by atoms with Gasteiger partial charge in [0.2, 0.25) is 6.23 Å². The molecule has 3 nitrogen and oxygen atoms in total. The van der Waals surface area contributed by atoms with Crippen LogP contribution in [0.1, 0.15) is 13.8 Å². The molecule has 0 radical (unpaired) electrons. The molecule has 66 valence electrons. The summed E-state index contributed by atoms with van der Waals surface area (Å²) in [5.41, 5.74) is 0. The van der Waals surface area contributed by atoms with E-state index in [0.717, 1.165) is 11.6 Å². The average Bonchev–Trinajstić information content (AvgIpc) is 2.82. The van der Waals surface area contributed by atoms with Gasteiger partial charge in [-0.25, -0.2) is 0 Å². The predicted molar refractivity (Wildman–Crippen MR) is 49.9 cm³/mol. The van der Waals surface area contributed by atoms with Crippen molar-refractivity contribution in [1.82, 2.24) is 5.32 Å². The number of epoxide rings is 1. The zero-order valence-electron chi connectivity index (χ0n) is 7.66. The van der Waals surface area contributed by atoms with Crippen molar-refractivity contribution in [3.05, 3.63) is 24.0 Å². The first-order valence-corrected chi connectivity index (χ1v) is 4.00. The molecular weight excluding hydrogens is 152 g/mol. The van der Waals surface area contributed by atoms with Crippen LogP contribution in [-0.4, -0.2) is 19.1 Å². The summed E-state index contributed by atoms with van der Waals surface area (Å²) in [7, 11) is 1.75. The topological polar surface area (TPSA) is 36.9 Å². The Kier molecular flexibility index (Phi) is 2.91. The zero-order chi connectivity index (χ0) is 8.97. The third-order valence-corrected chi connectivity index (χ3v) is 1.58. The van der Waals surface area contributed by atoms with Gasteiger partial charge in [0.1, 0.15) is 5.84 Å². The number of amidine groups is 1. The number of aliphatic imine (C=N–C) groups is 1. The van der Waals surface area contributed by atoms with Gasteiger partial charge < -0.3 is 10.1 Å². The molecule has 1 unspecified atom stereocenters. The molecule has 1 atom stereocenters. The fourth-order valence-electron chi connectivity index (χ4n) is 0.901. The molecule has 0 saturated carbocycles. The van der Waals surface area contributed by atoms with Crippen LogP contribution in [0.15, 0.2) is 29.0 Å². The molecule has 1 fully saturated rings. The first-order chi connectivity index (χ1) is 5.81. The fraction of sp³-hybridized carbons (Fsp3) is 0.444. The van der Waals surface area contributed by atoms with Crippen LogP contribution in [0, 0.1) is 0 Å². The van der Waals surface area contributed by atoms with Gasteiger partial charge in [-0.2, -0.15) is 0 Å². The van der Waals surface area contributed by atoms with Gasteiger partial charge in [0.15, 0.2) is 5.76 Å². The second-order valence-corrected chi connectivity index (χ2v) is 2.44. The number of ether oxygens (including phenoxy) is 1. The Morgan fingerprint density at radius 1 is 1.58 bits per heavy atom. The molecule has 3 heteroatoms. The van der Waals surface area contributed by atoms with E-state index in [-0.39, 0.29) is 6.23 Å². The molecule has 1 N–H and O–H groups in total. The van der Waals surface area contributed by atoms with Crippen molar-refractivity contribution in [2.24, 2.45) is 4.99 Å². The molecule has 12 heavy (non-hydrogen) atoms. The summed E-state index contributed by atoms with van der Waals surface area (Å²) in [5, 5.41) is 3.12. The summed E-state index contributed by atoms with van der Waals surface area (Å²) in [6.07, 6.45) is 5.84. The van der Waals surface area contributed by atoms with E-state index in [1.807, 2.05) is 32.1 Å². The first-order valence-electron chi connectivity index (χ1n) is 4.00. The van der Waals surface area contributed by atoms with E-state index < -0.39 is 0 Å². The van der Waals surface area contributed by atoms with E-state index in [2.05, 4.69) is 10.3 Å². The van der Waals surface area contributed by atoms with Gasteiger partial charge in [-0.3, -0.25) is 4.99 Å². The largest absolute Gasteiger partial charge is 0.462 e. The van der Waals surface area contributed by atoms with Crippen LogP contribution in [0.2, 0.25) is 0 Å². The van der Waals surface area contributed by atoms with Gasteiger partial charge in [0, 0.05) is 7.05 Å². The van der Waals surface area contributed by atoms with Crippen LogP contribution in [-0.2, 0) is 4.74 Å². The maximum Gasteiger partial charge on any atom is 0.228 e. The van der Waals surface area contributed by atoms with Crippen molar-refractivity contribution in [3.8, 4) is 0 Å². The third-order valence-electron chi connectivity index (χ3n) is 1.58. The number of allylic oxidation sites excluding steroid dienone is 2. The quantitative estimate of drug-likeness (QED) is 0.383. The lowest BCUT2D eigenvalue weighted by atomic mass is 10.4. The number of nitrogens with zero attached hydrogens (tertiary/aromatic N) is 1. The third kappa shape index (κ3) is 2.12. The minimum atomic E-state index is 0.0462. The standard InChI is InChI=1S/C9H14N2O/c1-4-6-8(10-3)11-9-7(5-2)12-9/h4-6,9H,1-3H3,(H,10,11)/b6-4-,7-5-. The smallest absolute Gasteiger partial charge is 0.228 e. The Labute approximate surface area is 72.8 Å². The van der Waals surface area contributed by atoms with E-state index >= 15 is 0 Å². The van der Waals surface area contributed by atoms with Crippen LogP contribution in [0.25, 0.3) is 0 Å². The Hall–Kier alpha value is -1.25. The molecule has 0 aromatic rings. The Morgan fingerprint density at radius 3 is 2.75 bits per heavy atom. The van der Waals surface area contributed by atoms with Crippen molar-refractivity contribution in [2.75, 3.05) is 7.05 Å². The van der Waals surface area contributed by atoms with Gasteiger partial charge in [-0.1, -0.05) is 6.08 Å². The summed E-state index contributed by atoms with van der Waals surface area (Å²) in [5.74, 6) is 1.83. The Bertz CT molecular complexity index is 241. The summed E-state index contributed by atoms with van der Waals surface area (Å²) in [4.78, 5) is 4.04. The molecule has 0 aromatic heterocycles. The van der Waals surface area contributed by atoms with Crippen LogP contribution in [0.3, 0.4) is 0 Å². The molecule has 0 bridgehead atoms. The lowest BCUT2D eigenvalue weighted by Gasteiger charge is -1.97. The molecule has 0 aliphatic carbocycles. The summed E-state index contributed by atoms with van der Waals surface area (Å²) in [6.45, 7) is 3.91. The number of rotatable bonds is 2. The van der Waals surface area contributed by atoms with Crippen molar-refractivity contribution in [3.63, 3.8) is 0 Å². The fourth-order valence-corrected chi connectivity index (χ4v) is 0.901. The molecule has 0 aromatic carbocycles. The highest BCUT2D eigenvalue weighted by atomic mass is 16.6. The number of nitrogens with one attached hydrogen (secondary N) is 1. The van der Waals surface area contributed by atoms with Crippen molar-refractivity contribution < 1.29 is 4.74 Å². The molecular formula is C9H14N2O. The van der Waals surface area contributed by atoms with E-state index in [0.29, 0.717) is 0 Å². The molecule has 1 aliphatic rings. The monoisotopic (exact) mass is 166 g/mol. The average molecular weight is 166 g/mol. The van der Waals surface area contributed by atoms with Gasteiger partial charge in [0.05, 0.1) is 0 Å². The predicted octanol–water partition coefficient (Wildman–Crippen LogP) is 1.44. The van der Waals surface area contributed by atoms with Crippen molar-refractivity contribution >= 4 is 5.84 Å². The molecule has 1 heterocycles. The highest BCUT2D eigenvalue weighted by molar-refractivity contribution is 5.93. The molecule has 1 rings (SSSR count). The molecule has 0 spiro atoms. The molecule has 1 aliphatic heterocycles. The van der Waals surface area contributed by atoms with Crippen LogP contribution in [0.4, 0.5) is 0 Å². The maximum absolute atomic E-state index is 5.18. The van der Waals surface area contributed by atoms with Crippen LogP contribution < -0.4 is 5.32 Å². The SMILES string of the molecule is C/C=C\C(=NC)NC1O/C1=C\C. The highest BCUT2D eigenvalue weighted by Gasteiger charge is 2.31. The van der Waals surface area contributed by atoms with Crippen LogP contribution >= 0.6 is 0 Å². The second kappa shape index (κ2) is 3.95. The number of hydrogen-bond donors (Lipinski definition) is 1. The minimum absolute atomic E-state index is 0.0462. The van der Waals surface area contributed by atoms with E-state index in [1.165, 1.54) is 0 Å². The Balaban J connectivity index is 2.41. The van der Waals surface area contributed by atoms with E-state index in [1.54, 1.807) is 7.05 Å². The molecule has 0 amide bonds. The summed E-state index contributed by atoms with van der Waals surface area (Å²) >= 11 is 0. The minimum Gasteiger partial charge on any atom is -0.462 e. The lowest BCUT2D eigenvalue weighted by Crippen LogP contribution is -2.24. The normalized spacial score (nSPS) is 26.1. The highest BCUT2D eigenvalue weighted by Crippen LogP contribution is 2.23. The maximum atomic E-state index is 5.18.